The third-order valence-corrected chi connectivity index (χ3v) is 3.88. The summed E-state index contributed by atoms with van der Waals surface area (Å²) in [5.74, 6) is 0.699. The van der Waals surface area contributed by atoms with E-state index in [0.29, 0.717) is 18.5 Å². The Labute approximate surface area is 108 Å². The fourth-order valence-corrected chi connectivity index (χ4v) is 2.80. The molecule has 18 heavy (non-hydrogen) atoms. The summed E-state index contributed by atoms with van der Waals surface area (Å²) in [4.78, 5) is 11.8. The highest BCUT2D eigenvalue weighted by atomic mass is 16.2. The molecule has 1 aromatic rings. The number of hydrogen-bond acceptors (Lipinski definition) is 3. The first-order valence-corrected chi connectivity index (χ1v) is 7.04. The fourth-order valence-electron chi connectivity index (χ4n) is 2.80. The highest BCUT2D eigenvalue weighted by Gasteiger charge is 2.25. The maximum absolute atomic E-state index is 11.8. The van der Waals surface area contributed by atoms with Gasteiger partial charge < -0.3 is 5.32 Å². The smallest absolute Gasteiger partial charge is 0.312 e. The Morgan fingerprint density at radius 2 is 2.22 bits per heavy atom. The molecule has 0 aromatic carbocycles. The normalized spacial score (nSPS) is 18.3. The van der Waals surface area contributed by atoms with Crippen LogP contribution in [0.1, 0.15) is 39.0 Å². The van der Waals surface area contributed by atoms with E-state index in [1.165, 1.54) is 30.3 Å². The van der Waals surface area contributed by atoms with Crippen LogP contribution in [0.2, 0.25) is 0 Å². The molecule has 5 heteroatoms. The van der Waals surface area contributed by atoms with Crippen molar-refractivity contribution in [2.75, 3.05) is 6.54 Å². The molecule has 1 saturated carbocycles. The van der Waals surface area contributed by atoms with Crippen molar-refractivity contribution >= 4 is 0 Å². The van der Waals surface area contributed by atoms with Crippen molar-refractivity contribution < 1.29 is 0 Å². The predicted molar refractivity (Wildman–Crippen MR) is 71.5 cm³/mol. The van der Waals surface area contributed by atoms with Crippen LogP contribution in [0.5, 0.6) is 0 Å². The van der Waals surface area contributed by atoms with Crippen LogP contribution in [-0.4, -0.2) is 26.9 Å². The van der Waals surface area contributed by atoms with E-state index >= 15 is 0 Å². The van der Waals surface area contributed by atoms with Gasteiger partial charge in [0, 0.05) is 13.1 Å². The molecule has 0 amide bonds. The Bertz CT molecular complexity index is 417. The first-order chi connectivity index (χ1) is 8.72. The quantitative estimate of drug-likeness (QED) is 0.826. The fraction of sp³-hybridized carbons (Fsp3) is 0.846. The zero-order valence-electron chi connectivity index (χ0n) is 11.4. The second kappa shape index (κ2) is 6.18. The van der Waals surface area contributed by atoms with E-state index in [0.717, 1.165) is 13.0 Å². The van der Waals surface area contributed by atoms with Gasteiger partial charge in [-0.2, -0.15) is 5.10 Å². The Morgan fingerprint density at radius 1 is 1.50 bits per heavy atom. The summed E-state index contributed by atoms with van der Waals surface area (Å²) < 4.78 is 3.12. The summed E-state index contributed by atoms with van der Waals surface area (Å²) >= 11 is 0. The van der Waals surface area contributed by atoms with Gasteiger partial charge >= 0.3 is 5.69 Å². The monoisotopic (exact) mass is 252 g/mol. The molecular weight excluding hydrogens is 228 g/mol. The van der Waals surface area contributed by atoms with E-state index < -0.39 is 0 Å². The highest BCUT2D eigenvalue weighted by Crippen LogP contribution is 2.28. The van der Waals surface area contributed by atoms with Crippen LogP contribution in [0.25, 0.3) is 0 Å². The van der Waals surface area contributed by atoms with Gasteiger partial charge in [-0.1, -0.05) is 19.8 Å². The first kappa shape index (κ1) is 13.3. The van der Waals surface area contributed by atoms with E-state index in [1.807, 2.05) is 0 Å². The Morgan fingerprint density at radius 3 is 2.78 bits per heavy atom. The van der Waals surface area contributed by atoms with Crippen molar-refractivity contribution in [3.05, 3.63) is 16.8 Å². The lowest BCUT2D eigenvalue weighted by atomic mass is 9.98. The molecular formula is C13H24N4O. The Balaban J connectivity index is 2.04. The molecule has 0 radical (unpaired) electrons. The second-order valence-electron chi connectivity index (χ2n) is 5.31. The number of rotatable bonds is 6. The molecule has 2 rings (SSSR count). The van der Waals surface area contributed by atoms with Gasteiger partial charge in [-0.3, -0.25) is 4.57 Å². The summed E-state index contributed by atoms with van der Waals surface area (Å²) in [5.41, 5.74) is -0.0173. The van der Waals surface area contributed by atoms with Crippen LogP contribution in [0.15, 0.2) is 11.1 Å². The van der Waals surface area contributed by atoms with Crippen LogP contribution in [-0.2, 0) is 13.6 Å². The average Bonchev–Trinajstić information content (AvgIpc) is 2.99. The topological polar surface area (TPSA) is 51.9 Å². The molecule has 1 heterocycles. The van der Waals surface area contributed by atoms with Crippen LogP contribution < -0.4 is 11.0 Å². The Kier molecular flexibility index (Phi) is 4.58. The lowest BCUT2D eigenvalue weighted by Crippen LogP contribution is -2.42. The summed E-state index contributed by atoms with van der Waals surface area (Å²) in [6.45, 7) is 3.89. The molecule has 1 aromatic heterocycles. The molecule has 1 unspecified atom stereocenters. The average molecular weight is 252 g/mol. The van der Waals surface area contributed by atoms with Crippen LogP contribution in [0, 0.1) is 5.92 Å². The highest BCUT2D eigenvalue weighted by molar-refractivity contribution is 4.81. The molecule has 0 spiro atoms. The third-order valence-electron chi connectivity index (χ3n) is 3.88. The minimum absolute atomic E-state index is 0.0173. The predicted octanol–water partition coefficient (Wildman–Crippen LogP) is 1.14. The molecule has 102 valence electrons. The third kappa shape index (κ3) is 3.02. The zero-order valence-corrected chi connectivity index (χ0v) is 11.4. The first-order valence-electron chi connectivity index (χ1n) is 7.04. The largest absolute Gasteiger partial charge is 0.345 e. The molecule has 5 nitrogen and oxygen atoms in total. The molecule has 0 aliphatic heterocycles. The standard InChI is InChI=1S/C13H24N4O/c1-3-8-14-12(11-6-4-5-7-11)9-17-13(18)16(2)10-15-17/h10-12,14H,3-9H2,1-2H3. The van der Waals surface area contributed by atoms with Crippen LogP contribution in [0.4, 0.5) is 0 Å². The van der Waals surface area contributed by atoms with Gasteiger partial charge in [0.25, 0.3) is 0 Å². The van der Waals surface area contributed by atoms with Gasteiger partial charge in [0.2, 0.25) is 0 Å². The van der Waals surface area contributed by atoms with Crippen LogP contribution in [0.3, 0.4) is 0 Å². The van der Waals surface area contributed by atoms with Gasteiger partial charge in [-0.05, 0) is 31.7 Å². The zero-order chi connectivity index (χ0) is 13.0. The number of hydrogen-bond donors (Lipinski definition) is 1. The number of aromatic nitrogens is 3. The van der Waals surface area contributed by atoms with Crippen molar-refractivity contribution in [2.45, 2.75) is 51.6 Å². The van der Waals surface area contributed by atoms with Gasteiger partial charge in [-0.15, -0.1) is 0 Å². The van der Waals surface area contributed by atoms with Crippen molar-refractivity contribution in [1.29, 1.82) is 0 Å². The van der Waals surface area contributed by atoms with Crippen LogP contribution >= 0.6 is 0 Å². The number of aryl methyl sites for hydroxylation is 1. The molecule has 1 aliphatic rings. The van der Waals surface area contributed by atoms with E-state index in [4.69, 9.17) is 0 Å². The van der Waals surface area contributed by atoms with Gasteiger partial charge in [0.05, 0.1) is 6.54 Å². The van der Waals surface area contributed by atoms with E-state index in [1.54, 1.807) is 18.1 Å². The van der Waals surface area contributed by atoms with E-state index in [9.17, 15) is 4.79 Å². The molecule has 1 N–H and O–H groups in total. The molecule has 0 saturated heterocycles. The molecule has 1 aliphatic carbocycles. The summed E-state index contributed by atoms with van der Waals surface area (Å²) in [7, 11) is 1.75. The minimum atomic E-state index is -0.0173. The number of nitrogens with zero attached hydrogens (tertiary/aromatic N) is 3. The lowest BCUT2D eigenvalue weighted by Gasteiger charge is -2.24. The minimum Gasteiger partial charge on any atom is -0.312 e. The van der Waals surface area contributed by atoms with E-state index in [-0.39, 0.29) is 5.69 Å². The summed E-state index contributed by atoms with van der Waals surface area (Å²) in [5, 5.41) is 7.75. The maximum Gasteiger partial charge on any atom is 0.345 e. The van der Waals surface area contributed by atoms with Crippen molar-refractivity contribution in [3.63, 3.8) is 0 Å². The summed E-state index contributed by atoms with van der Waals surface area (Å²) in [6.07, 6.45) is 7.93. The Hall–Kier alpha value is -1.10. The van der Waals surface area contributed by atoms with Crippen molar-refractivity contribution in [1.82, 2.24) is 19.7 Å². The lowest BCUT2D eigenvalue weighted by molar-refractivity contribution is 0.308. The molecule has 1 atom stereocenters. The maximum atomic E-state index is 11.8. The van der Waals surface area contributed by atoms with Gasteiger partial charge in [0.1, 0.15) is 6.33 Å². The van der Waals surface area contributed by atoms with Gasteiger partial charge in [-0.25, -0.2) is 9.48 Å². The van der Waals surface area contributed by atoms with Crippen molar-refractivity contribution in [2.24, 2.45) is 13.0 Å². The summed E-state index contributed by atoms with van der Waals surface area (Å²) in [6, 6.07) is 0.389. The van der Waals surface area contributed by atoms with Crippen molar-refractivity contribution in [3.8, 4) is 0 Å². The van der Waals surface area contributed by atoms with E-state index in [2.05, 4.69) is 17.3 Å². The second-order valence-corrected chi connectivity index (χ2v) is 5.31. The molecule has 0 bridgehead atoms. The molecule has 1 fully saturated rings. The van der Waals surface area contributed by atoms with Gasteiger partial charge in [0.15, 0.2) is 0 Å². The number of nitrogens with one attached hydrogen (secondary N) is 1. The SMILES string of the molecule is CCCNC(Cn1ncn(C)c1=O)C1CCCC1.